The van der Waals surface area contributed by atoms with Gasteiger partial charge in [-0.2, -0.15) is 0 Å². The van der Waals surface area contributed by atoms with Gasteiger partial charge >= 0.3 is 0 Å². The molecule has 3 atom stereocenters. The summed E-state index contributed by atoms with van der Waals surface area (Å²) in [5.41, 5.74) is 0.425. The van der Waals surface area contributed by atoms with Crippen molar-refractivity contribution in [3.63, 3.8) is 0 Å². The van der Waals surface area contributed by atoms with Crippen LogP contribution in [0.1, 0.15) is 35.7 Å². The summed E-state index contributed by atoms with van der Waals surface area (Å²) in [6.07, 6.45) is 0. The zero-order valence-electron chi connectivity index (χ0n) is 14.8. The Kier molecular flexibility index (Phi) is 6.12. The molecule has 0 aromatic heterocycles. The van der Waals surface area contributed by atoms with Crippen LogP contribution in [-0.2, 0) is 4.79 Å². The van der Waals surface area contributed by atoms with E-state index in [1.807, 2.05) is 0 Å². The van der Waals surface area contributed by atoms with Gasteiger partial charge in [0, 0.05) is 29.5 Å². The summed E-state index contributed by atoms with van der Waals surface area (Å²) >= 11 is 0. The van der Waals surface area contributed by atoms with Crippen molar-refractivity contribution in [1.82, 2.24) is 0 Å². The predicted molar refractivity (Wildman–Crippen MR) is 97.2 cm³/mol. The van der Waals surface area contributed by atoms with Crippen LogP contribution in [0.25, 0.3) is 0 Å². The maximum absolute atomic E-state index is 13.0. The van der Waals surface area contributed by atoms with E-state index in [0.29, 0.717) is 5.56 Å². The summed E-state index contributed by atoms with van der Waals surface area (Å²) in [7, 11) is 0. The third kappa shape index (κ3) is 4.41. The maximum Gasteiger partial charge on any atom is 0.269 e. The molecule has 0 amide bonds. The lowest BCUT2D eigenvalue weighted by Crippen LogP contribution is -2.37. The van der Waals surface area contributed by atoms with Crippen LogP contribution in [0.3, 0.4) is 0 Å². The summed E-state index contributed by atoms with van der Waals surface area (Å²) in [5.74, 6) is -3.33. The average Bonchev–Trinajstić information content (AvgIpc) is 2.65. The highest BCUT2D eigenvalue weighted by atomic mass is 16.6. The summed E-state index contributed by atoms with van der Waals surface area (Å²) in [6.45, 7) is 2.54. The van der Waals surface area contributed by atoms with Crippen molar-refractivity contribution >= 4 is 17.3 Å². The fourth-order valence-corrected chi connectivity index (χ4v) is 3.08. The highest BCUT2D eigenvalue weighted by Gasteiger charge is 2.42. The molecule has 0 radical (unpaired) electrons. The Balaban J connectivity index is 2.55. The minimum absolute atomic E-state index is 0.181. The minimum atomic E-state index is -1.27. The first-order chi connectivity index (χ1) is 12.7. The van der Waals surface area contributed by atoms with Crippen molar-refractivity contribution < 1.29 is 19.4 Å². The fourth-order valence-electron chi connectivity index (χ4n) is 3.08. The number of carbonyl (C=O) groups is 2. The standard InChI is InChI=1S/C19H18N2O6/c1-12(20(24)25)17(14-8-10-16(11-9-14)21(26)27)18(13(2)22)19(23)15-6-4-3-5-7-15/h3-12,17-18H,1-2H3/t12-,17+,18-/m0/s1. The van der Waals surface area contributed by atoms with Gasteiger partial charge in [0.1, 0.15) is 5.78 Å². The SMILES string of the molecule is CC(=O)[C@H](C(=O)c1ccccc1)[C@@H](c1ccc([N+](=O)[O-])cc1)[C@H](C)[N+](=O)[O-]. The Morgan fingerprint density at radius 1 is 0.926 bits per heavy atom. The lowest BCUT2D eigenvalue weighted by Gasteiger charge is -2.25. The number of carbonyl (C=O) groups excluding carboxylic acids is 2. The molecule has 0 aliphatic rings. The van der Waals surface area contributed by atoms with E-state index in [0.717, 1.165) is 0 Å². The predicted octanol–water partition coefficient (Wildman–Crippen LogP) is 3.43. The number of nitro benzene ring substituents is 1. The van der Waals surface area contributed by atoms with Gasteiger partial charge in [-0.3, -0.25) is 29.8 Å². The lowest BCUT2D eigenvalue weighted by molar-refractivity contribution is -0.523. The number of rotatable bonds is 8. The summed E-state index contributed by atoms with van der Waals surface area (Å²) in [4.78, 5) is 46.4. The van der Waals surface area contributed by atoms with E-state index in [1.54, 1.807) is 30.3 Å². The van der Waals surface area contributed by atoms with E-state index in [9.17, 15) is 29.8 Å². The quantitative estimate of drug-likeness (QED) is 0.304. The molecule has 0 fully saturated rings. The van der Waals surface area contributed by atoms with Crippen LogP contribution in [0.4, 0.5) is 5.69 Å². The van der Waals surface area contributed by atoms with Crippen molar-refractivity contribution in [1.29, 1.82) is 0 Å². The Labute approximate surface area is 155 Å². The molecule has 2 rings (SSSR count). The van der Waals surface area contributed by atoms with Gasteiger partial charge in [0.25, 0.3) is 5.69 Å². The summed E-state index contributed by atoms with van der Waals surface area (Å²) < 4.78 is 0. The van der Waals surface area contributed by atoms with E-state index in [4.69, 9.17) is 0 Å². The number of hydrogen-bond acceptors (Lipinski definition) is 6. The first-order valence-corrected chi connectivity index (χ1v) is 8.21. The van der Waals surface area contributed by atoms with Crippen molar-refractivity contribution in [2.75, 3.05) is 0 Å². The van der Waals surface area contributed by atoms with Crippen LogP contribution in [0, 0.1) is 26.1 Å². The zero-order chi connectivity index (χ0) is 20.1. The molecule has 0 saturated carbocycles. The summed E-state index contributed by atoms with van der Waals surface area (Å²) in [6, 6.07) is 12.0. The molecule has 0 bridgehead atoms. The first-order valence-electron chi connectivity index (χ1n) is 8.21. The first kappa shape index (κ1) is 19.9. The topological polar surface area (TPSA) is 120 Å². The maximum atomic E-state index is 13.0. The Hall–Kier alpha value is -3.42. The van der Waals surface area contributed by atoms with Gasteiger partial charge in [0.05, 0.1) is 16.8 Å². The molecule has 0 spiro atoms. The molecule has 140 valence electrons. The molecule has 27 heavy (non-hydrogen) atoms. The number of benzene rings is 2. The van der Waals surface area contributed by atoms with E-state index < -0.39 is 39.3 Å². The number of ketones is 2. The third-order valence-electron chi connectivity index (χ3n) is 4.48. The molecule has 2 aromatic rings. The molecule has 0 saturated heterocycles. The average molecular weight is 370 g/mol. The van der Waals surface area contributed by atoms with E-state index in [1.165, 1.54) is 38.1 Å². The number of non-ortho nitro benzene ring substituents is 1. The molecular weight excluding hydrogens is 352 g/mol. The molecule has 8 heteroatoms. The molecule has 0 heterocycles. The molecular formula is C19H18N2O6. The Morgan fingerprint density at radius 3 is 1.93 bits per heavy atom. The van der Waals surface area contributed by atoms with Crippen LogP contribution < -0.4 is 0 Å². The highest BCUT2D eigenvalue weighted by Crippen LogP contribution is 2.34. The van der Waals surface area contributed by atoms with Crippen LogP contribution in [-0.4, -0.2) is 27.5 Å². The van der Waals surface area contributed by atoms with Gasteiger partial charge in [-0.25, -0.2) is 0 Å². The van der Waals surface area contributed by atoms with E-state index >= 15 is 0 Å². The van der Waals surface area contributed by atoms with Crippen LogP contribution in [0.15, 0.2) is 54.6 Å². The van der Waals surface area contributed by atoms with Crippen molar-refractivity contribution in [3.8, 4) is 0 Å². The molecule has 0 aliphatic carbocycles. The van der Waals surface area contributed by atoms with Gasteiger partial charge in [0.2, 0.25) is 6.04 Å². The molecule has 2 aromatic carbocycles. The fraction of sp³-hybridized carbons (Fsp3) is 0.263. The summed E-state index contributed by atoms with van der Waals surface area (Å²) in [5, 5.41) is 22.3. The monoisotopic (exact) mass is 370 g/mol. The second-order valence-corrected chi connectivity index (χ2v) is 6.22. The number of Topliss-reactive ketones (excluding diaryl/α,β-unsaturated/α-hetero) is 2. The molecule has 0 aliphatic heterocycles. The minimum Gasteiger partial charge on any atom is -0.299 e. The molecule has 0 N–H and O–H groups in total. The van der Waals surface area contributed by atoms with Crippen LogP contribution in [0.5, 0.6) is 0 Å². The second kappa shape index (κ2) is 8.31. The molecule has 0 unspecified atom stereocenters. The number of nitro groups is 2. The second-order valence-electron chi connectivity index (χ2n) is 6.22. The van der Waals surface area contributed by atoms with Gasteiger partial charge in [-0.1, -0.05) is 42.5 Å². The third-order valence-corrected chi connectivity index (χ3v) is 4.48. The zero-order valence-corrected chi connectivity index (χ0v) is 14.8. The molecule has 8 nitrogen and oxygen atoms in total. The van der Waals surface area contributed by atoms with Gasteiger partial charge in [0.15, 0.2) is 5.78 Å². The van der Waals surface area contributed by atoms with Crippen LogP contribution in [0.2, 0.25) is 0 Å². The Morgan fingerprint density at radius 2 is 1.48 bits per heavy atom. The van der Waals surface area contributed by atoms with Crippen molar-refractivity contribution in [3.05, 3.63) is 86.0 Å². The van der Waals surface area contributed by atoms with Gasteiger partial charge < -0.3 is 0 Å². The van der Waals surface area contributed by atoms with Gasteiger partial charge in [-0.05, 0) is 12.5 Å². The Bertz CT molecular complexity index is 864. The van der Waals surface area contributed by atoms with E-state index in [2.05, 4.69) is 0 Å². The van der Waals surface area contributed by atoms with E-state index in [-0.39, 0.29) is 11.3 Å². The van der Waals surface area contributed by atoms with Crippen molar-refractivity contribution in [2.24, 2.45) is 5.92 Å². The van der Waals surface area contributed by atoms with Gasteiger partial charge in [-0.15, -0.1) is 0 Å². The smallest absolute Gasteiger partial charge is 0.269 e. The van der Waals surface area contributed by atoms with Crippen molar-refractivity contribution in [2.45, 2.75) is 25.8 Å². The largest absolute Gasteiger partial charge is 0.299 e. The van der Waals surface area contributed by atoms with Crippen LogP contribution >= 0.6 is 0 Å². The number of nitrogens with zero attached hydrogens (tertiary/aromatic N) is 2. The normalized spacial score (nSPS) is 14.0. The lowest BCUT2D eigenvalue weighted by atomic mass is 9.75. The number of hydrogen-bond donors (Lipinski definition) is 0. The highest BCUT2D eigenvalue weighted by molar-refractivity contribution is 6.10.